The van der Waals surface area contributed by atoms with E-state index in [-0.39, 0.29) is 5.76 Å². The molecule has 6 heteroatoms. The normalized spacial score (nSPS) is 11.9. The zero-order valence-corrected chi connectivity index (χ0v) is 11.6. The number of carbonyl (C=O) groups excluding carboxylic acids is 1. The van der Waals surface area contributed by atoms with E-state index in [1.165, 1.54) is 6.07 Å². The molecule has 0 aliphatic carbocycles. The molecule has 0 saturated carbocycles. The molecule has 0 radical (unpaired) electrons. The summed E-state index contributed by atoms with van der Waals surface area (Å²) >= 11 is 0. The first-order valence-electron chi connectivity index (χ1n) is 6.67. The third-order valence-corrected chi connectivity index (χ3v) is 2.98. The minimum atomic E-state index is -1.06. The zero-order chi connectivity index (χ0) is 15.2. The molecule has 0 aliphatic rings. The number of carboxylic acids is 1. The summed E-state index contributed by atoms with van der Waals surface area (Å²) in [4.78, 5) is 23.0. The van der Waals surface area contributed by atoms with Gasteiger partial charge < -0.3 is 14.9 Å². The molecule has 0 saturated heterocycles. The van der Waals surface area contributed by atoms with Gasteiger partial charge in [0.25, 0.3) is 5.91 Å². The van der Waals surface area contributed by atoms with Crippen molar-refractivity contribution < 1.29 is 19.2 Å². The van der Waals surface area contributed by atoms with Crippen molar-refractivity contribution in [2.45, 2.75) is 25.8 Å². The standard InChI is InChI=1S/C15H16N2O4/c1-2-6-11(15(19)20)16-14(18)13-9-12(17-21-13)10-7-4-3-5-8-10/h3-5,7-9,11H,2,6H2,1H3,(H,16,18)(H,19,20)/t11-/m0/s1. The number of carbonyl (C=O) groups is 2. The van der Waals surface area contributed by atoms with Crippen LogP contribution in [0, 0.1) is 0 Å². The zero-order valence-electron chi connectivity index (χ0n) is 11.6. The predicted octanol–water partition coefficient (Wildman–Crippen LogP) is 2.32. The van der Waals surface area contributed by atoms with Gasteiger partial charge in [0, 0.05) is 11.6 Å². The number of hydrogen-bond donors (Lipinski definition) is 2. The second kappa shape index (κ2) is 6.69. The van der Waals surface area contributed by atoms with Gasteiger partial charge in [-0.05, 0) is 6.42 Å². The van der Waals surface area contributed by atoms with Crippen molar-refractivity contribution in [3.8, 4) is 11.3 Å². The fourth-order valence-electron chi connectivity index (χ4n) is 1.90. The first-order chi connectivity index (χ1) is 10.1. The van der Waals surface area contributed by atoms with Crippen LogP contribution in [0.3, 0.4) is 0 Å². The van der Waals surface area contributed by atoms with Crippen LogP contribution in [0.2, 0.25) is 0 Å². The van der Waals surface area contributed by atoms with Gasteiger partial charge in [-0.2, -0.15) is 0 Å². The van der Waals surface area contributed by atoms with Crippen LogP contribution < -0.4 is 5.32 Å². The fraction of sp³-hybridized carbons (Fsp3) is 0.267. The lowest BCUT2D eigenvalue weighted by atomic mass is 10.1. The van der Waals surface area contributed by atoms with Crippen LogP contribution in [-0.2, 0) is 4.79 Å². The largest absolute Gasteiger partial charge is 0.480 e. The minimum absolute atomic E-state index is 0.00351. The summed E-state index contributed by atoms with van der Waals surface area (Å²) < 4.78 is 4.98. The molecule has 2 aromatic rings. The lowest BCUT2D eigenvalue weighted by Gasteiger charge is -2.11. The maximum Gasteiger partial charge on any atom is 0.326 e. The van der Waals surface area contributed by atoms with Crippen molar-refractivity contribution in [1.82, 2.24) is 10.5 Å². The predicted molar refractivity (Wildman–Crippen MR) is 75.7 cm³/mol. The molecule has 0 unspecified atom stereocenters. The monoisotopic (exact) mass is 288 g/mol. The maximum atomic E-state index is 12.0. The SMILES string of the molecule is CCC[C@H](NC(=O)c1cc(-c2ccccc2)no1)C(=O)O. The lowest BCUT2D eigenvalue weighted by molar-refractivity contribution is -0.139. The molecule has 21 heavy (non-hydrogen) atoms. The van der Waals surface area contributed by atoms with Gasteiger partial charge in [-0.25, -0.2) is 4.79 Å². The Morgan fingerprint density at radius 2 is 2.05 bits per heavy atom. The van der Waals surface area contributed by atoms with E-state index in [0.717, 1.165) is 5.56 Å². The van der Waals surface area contributed by atoms with Gasteiger partial charge in [0.05, 0.1) is 0 Å². The van der Waals surface area contributed by atoms with Crippen LogP contribution in [0.1, 0.15) is 30.3 Å². The molecule has 110 valence electrons. The molecule has 0 aliphatic heterocycles. The number of carboxylic acid groups (broad SMARTS) is 1. The van der Waals surface area contributed by atoms with Gasteiger partial charge in [-0.3, -0.25) is 4.79 Å². The summed E-state index contributed by atoms with van der Waals surface area (Å²) in [5.74, 6) is -1.64. The second-order valence-electron chi connectivity index (χ2n) is 4.60. The van der Waals surface area contributed by atoms with Gasteiger partial charge in [0.15, 0.2) is 0 Å². The van der Waals surface area contributed by atoms with Crippen LogP contribution >= 0.6 is 0 Å². The Morgan fingerprint density at radius 1 is 1.33 bits per heavy atom. The molecule has 2 rings (SSSR count). The Balaban J connectivity index is 2.10. The fourth-order valence-corrected chi connectivity index (χ4v) is 1.90. The number of nitrogens with one attached hydrogen (secondary N) is 1. The molecule has 1 atom stereocenters. The van der Waals surface area contributed by atoms with E-state index in [2.05, 4.69) is 10.5 Å². The maximum absolute atomic E-state index is 12.0. The van der Waals surface area contributed by atoms with Gasteiger partial charge in [0.1, 0.15) is 11.7 Å². The molecule has 0 spiro atoms. The van der Waals surface area contributed by atoms with Crippen LogP contribution in [0.25, 0.3) is 11.3 Å². The van der Waals surface area contributed by atoms with Crippen LogP contribution in [0.15, 0.2) is 40.9 Å². The molecule has 1 amide bonds. The second-order valence-corrected chi connectivity index (χ2v) is 4.60. The molecular weight excluding hydrogens is 272 g/mol. The summed E-state index contributed by atoms with van der Waals surface area (Å²) in [6, 6.07) is 9.84. The van der Waals surface area contributed by atoms with Crippen LogP contribution in [-0.4, -0.2) is 28.2 Å². The van der Waals surface area contributed by atoms with Crippen molar-refractivity contribution in [1.29, 1.82) is 0 Å². The summed E-state index contributed by atoms with van der Waals surface area (Å²) in [5.41, 5.74) is 1.35. The number of benzene rings is 1. The molecular formula is C15H16N2O4. The smallest absolute Gasteiger partial charge is 0.326 e. The number of rotatable bonds is 6. The van der Waals surface area contributed by atoms with Gasteiger partial charge >= 0.3 is 5.97 Å². The highest BCUT2D eigenvalue weighted by Crippen LogP contribution is 2.18. The Labute approximate surface area is 121 Å². The number of hydrogen-bond acceptors (Lipinski definition) is 4. The Bertz CT molecular complexity index is 622. The first kappa shape index (κ1) is 14.8. The minimum Gasteiger partial charge on any atom is -0.480 e. The molecule has 1 aromatic carbocycles. The summed E-state index contributed by atoms with van der Waals surface area (Å²) in [6.07, 6.45) is 1.02. The Morgan fingerprint density at radius 3 is 2.67 bits per heavy atom. The number of aromatic nitrogens is 1. The molecule has 0 fully saturated rings. The molecule has 6 nitrogen and oxygen atoms in total. The van der Waals surface area contributed by atoms with Gasteiger partial charge in [-0.15, -0.1) is 0 Å². The number of aliphatic carboxylic acids is 1. The van der Waals surface area contributed by atoms with E-state index >= 15 is 0 Å². The highest BCUT2D eigenvalue weighted by Gasteiger charge is 2.22. The summed E-state index contributed by atoms with van der Waals surface area (Å²) in [6.45, 7) is 1.85. The molecule has 2 N–H and O–H groups in total. The quantitative estimate of drug-likeness (QED) is 0.851. The van der Waals surface area contributed by atoms with E-state index in [4.69, 9.17) is 9.63 Å². The lowest BCUT2D eigenvalue weighted by Crippen LogP contribution is -2.40. The average molecular weight is 288 g/mol. The summed E-state index contributed by atoms with van der Waals surface area (Å²) in [7, 11) is 0. The number of nitrogens with zero attached hydrogens (tertiary/aromatic N) is 1. The molecule has 1 aromatic heterocycles. The average Bonchev–Trinajstić information content (AvgIpc) is 2.97. The van der Waals surface area contributed by atoms with Crippen molar-refractivity contribution in [2.75, 3.05) is 0 Å². The van der Waals surface area contributed by atoms with Crippen LogP contribution in [0.5, 0.6) is 0 Å². The van der Waals surface area contributed by atoms with Crippen molar-refractivity contribution in [3.63, 3.8) is 0 Å². The van der Waals surface area contributed by atoms with Crippen LogP contribution in [0.4, 0.5) is 0 Å². The third kappa shape index (κ3) is 3.68. The van der Waals surface area contributed by atoms with Crippen molar-refractivity contribution in [2.24, 2.45) is 0 Å². The summed E-state index contributed by atoms with van der Waals surface area (Å²) in [5, 5.41) is 15.3. The van der Waals surface area contributed by atoms with E-state index in [1.54, 1.807) is 0 Å². The third-order valence-electron chi connectivity index (χ3n) is 2.98. The Hall–Kier alpha value is -2.63. The van der Waals surface area contributed by atoms with E-state index in [1.807, 2.05) is 37.3 Å². The van der Waals surface area contributed by atoms with Gasteiger partial charge in [0.2, 0.25) is 5.76 Å². The van der Waals surface area contributed by atoms with E-state index in [0.29, 0.717) is 18.5 Å². The highest BCUT2D eigenvalue weighted by atomic mass is 16.5. The van der Waals surface area contributed by atoms with E-state index < -0.39 is 17.9 Å². The highest BCUT2D eigenvalue weighted by molar-refractivity contribution is 5.95. The van der Waals surface area contributed by atoms with Crippen molar-refractivity contribution in [3.05, 3.63) is 42.2 Å². The molecule has 0 bridgehead atoms. The molecule has 1 heterocycles. The van der Waals surface area contributed by atoms with Gasteiger partial charge in [-0.1, -0.05) is 48.8 Å². The first-order valence-corrected chi connectivity index (χ1v) is 6.67. The Kier molecular flexibility index (Phi) is 4.71. The number of amides is 1. The van der Waals surface area contributed by atoms with E-state index in [9.17, 15) is 9.59 Å². The topological polar surface area (TPSA) is 92.4 Å². The van der Waals surface area contributed by atoms with Crippen molar-refractivity contribution >= 4 is 11.9 Å².